The van der Waals surface area contributed by atoms with Crippen molar-refractivity contribution in [2.45, 2.75) is 45.7 Å². The molecule has 8 heteroatoms. The summed E-state index contributed by atoms with van der Waals surface area (Å²) < 4.78 is 7.55. The number of nitrogens with zero attached hydrogens (tertiary/aromatic N) is 4. The first-order valence-corrected chi connectivity index (χ1v) is 8.20. The predicted molar refractivity (Wildman–Crippen MR) is 89.3 cm³/mol. The summed E-state index contributed by atoms with van der Waals surface area (Å²) in [4.78, 5) is 10.6. The molecule has 0 bridgehead atoms. The van der Waals surface area contributed by atoms with Crippen LogP contribution in [0.3, 0.4) is 0 Å². The molecule has 128 valence electrons. The molecule has 8 nitrogen and oxygen atoms in total. The topological polar surface area (TPSA) is 95.1 Å². The number of fused-ring (bicyclic) bond motifs is 1. The number of nitro benzene ring substituents is 1. The Bertz CT molecular complexity index is 743. The first-order valence-electron chi connectivity index (χ1n) is 8.20. The molecule has 1 unspecified atom stereocenters. The molecular formula is C16H21N5O3. The Morgan fingerprint density at radius 2 is 2.25 bits per heavy atom. The molecule has 0 amide bonds. The maximum absolute atomic E-state index is 11.1. The number of aromatic nitrogens is 3. The van der Waals surface area contributed by atoms with E-state index in [0.717, 1.165) is 43.1 Å². The first-order chi connectivity index (χ1) is 11.6. The van der Waals surface area contributed by atoms with Gasteiger partial charge in [0.1, 0.15) is 5.82 Å². The largest absolute Gasteiger partial charge is 0.487 e. The van der Waals surface area contributed by atoms with E-state index in [0.29, 0.717) is 6.61 Å². The van der Waals surface area contributed by atoms with Crippen LogP contribution in [0.25, 0.3) is 0 Å². The van der Waals surface area contributed by atoms with Gasteiger partial charge in [0.15, 0.2) is 11.6 Å². The Morgan fingerprint density at radius 1 is 1.42 bits per heavy atom. The Kier molecular flexibility index (Phi) is 4.64. The van der Waals surface area contributed by atoms with Gasteiger partial charge in [-0.1, -0.05) is 0 Å². The van der Waals surface area contributed by atoms with Crippen LogP contribution in [-0.2, 0) is 13.0 Å². The van der Waals surface area contributed by atoms with Crippen molar-refractivity contribution in [1.82, 2.24) is 14.8 Å². The smallest absolute Gasteiger partial charge is 0.311 e. The van der Waals surface area contributed by atoms with Crippen molar-refractivity contribution in [3.63, 3.8) is 0 Å². The molecule has 3 rings (SSSR count). The van der Waals surface area contributed by atoms with Gasteiger partial charge in [-0.15, -0.1) is 10.2 Å². The molecule has 0 saturated heterocycles. The van der Waals surface area contributed by atoms with E-state index in [1.54, 1.807) is 19.1 Å². The van der Waals surface area contributed by atoms with Gasteiger partial charge in [-0.3, -0.25) is 10.1 Å². The second-order valence-electron chi connectivity index (χ2n) is 5.82. The van der Waals surface area contributed by atoms with E-state index in [1.807, 2.05) is 6.92 Å². The second-order valence-corrected chi connectivity index (χ2v) is 5.82. The van der Waals surface area contributed by atoms with Crippen LogP contribution in [0.2, 0.25) is 0 Å². The van der Waals surface area contributed by atoms with E-state index in [2.05, 4.69) is 20.1 Å². The standard InChI is InChI=1S/C16H21N5O3/c1-3-24-14-10-12(7-8-13(14)21(22)23)17-11(2)16-19-18-15-6-4-5-9-20(15)16/h7-8,10-11,17H,3-6,9H2,1-2H3. The molecule has 0 radical (unpaired) electrons. The molecule has 1 N–H and O–H groups in total. The molecule has 2 aromatic rings. The van der Waals surface area contributed by atoms with Gasteiger partial charge in [0.05, 0.1) is 17.6 Å². The lowest BCUT2D eigenvalue weighted by Gasteiger charge is -2.19. The monoisotopic (exact) mass is 331 g/mol. The molecule has 1 aliphatic heterocycles. The van der Waals surface area contributed by atoms with E-state index in [1.165, 1.54) is 6.07 Å². The summed E-state index contributed by atoms with van der Waals surface area (Å²) in [5.74, 6) is 2.19. The third-order valence-corrected chi connectivity index (χ3v) is 4.11. The van der Waals surface area contributed by atoms with Crippen molar-refractivity contribution < 1.29 is 9.66 Å². The van der Waals surface area contributed by atoms with Crippen molar-refractivity contribution in [3.05, 3.63) is 40.0 Å². The zero-order chi connectivity index (χ0) is 17.1. The van der Waals surface area contributed by atoms with Gasteiger partial charge in [-0.05, 0) is 32.8 Å². The molecule has 24 heavy (non-hydrogen) atoms. The molecule has 2 heterocycles. The maximum atomic E-state index is 11.1. The van der Waals surface area contributed by atoms with Crippen molar-refractivity contribution in [3.8, 4) is 5.75 Å². The number of nitrogens with one attached hydrogen (secondary N) is 1. The third kappa shape index (κ3) is 3.17. The van der Waals surface area contributed by atoms with Crippen molar-refractivity contribution in [2.75, 3.05) is 11.9 Å². The minimum atomic E-state index is -0.437. The molecule has 0 saturated carbocycles. The number of benzene rings is 1. The van der Waals surface area contributed by atoms with Crippen LogP contribution < -0.4 is 10.1 Å². The fourth-order valence-electron chi connectivity index (χ4n) is 2.99. The summed E-state index contributed by atoms with van der Waals surface area (Å²) in [6, 6.07) is 4.75. The number of anilines is 1. The SMILES string of the molecule is CCOc1cc(NC(C)c2nnc3n2CCCC3)ccc1[N+](=O)[O-]. The fraction of sp³-hybridized carbons (Fsp3) is 0.500. The van der Waals surface area contributed by atoms with Crippen LogP contribution in [0, 0.1) is 10.1 Å². The van der Waals surface area contributed by atoms with E-state index < -0.39 is 4.92 Å². The second kappa shape index (κ2) is 6.86. The summed E-state index contributed by atoms with van der Waals surface area (Å²) in [6.07, 6.45) is 3.25. The quantitative estimate of drug-likeness (QED) is 0.645. The summed E-state index contributed by atoms with van der Waals surface area (Å²) in [7, 11) is 0. The highest BCUT2D eigenvalue weighted by molar-refractivity contribution is 5.58. The normalized spacial score (nSPS) is 14.8. The summed E-state index contributed by atoms with van der Waals surface area (Å²) in [5.41, 5.74) is 0.722. The Balaban J connectivity index is 1.81. The molecule has 0 fully saturated rings. The van der Waals surface area contributed by atoms with Gasteiger partial charge in [0.25, 0.3) is 0 Å². The van der Waals surface area contributed by atoms with Crippen molar-refractivity contribution in [1.29, 1.82) is 0 Å². The van der Waals surface area contributed by atoms with Crippen LogP contribution in [0.5, 0.6) is 5.75 Å². The Labute approximate surface area is 140 Å². The van der Waals surface area contributed by atoms with Crippen molar-refractivity contribution in [2.24, 2.45) is 0 Å². The lowest BCUT2D eigenvalue weighted by Crippen LogP contribution is -2.18. The van der Waals surface area contributed by atoms with Gasteiger partial charge >= 0.3 is 5.69 Å². The highest BCUT2D eigenvalue weighted by atomic mass is 16.6. The Hall–Kier alpha value is -2.64. The molecule has 0 aliphatic carbocycles. The molecule has 1 atom stereocenters. The van der Waals surface area contributed by atoms with Gasteiger partial charge in [0.2, 0.25) is 0 Å². The number of rotatable bonds is 6. The zero-order valence-electron chi connectivity index (χ0n) is 13.9. The highest BCUT2D eigenvalue weighted by Crippen LogP contribution is 2.31. The predicted octanol–water partition coefficient (Wildman–Crippen LogP) is 3.09. The Morgan fingerprint density at radius 3 is 3.00 bits per heavy atom. The van der Waals surface area contributed by atoms with Gasteiger partial charge in [-0.25, -0.2) is 0 Å². The number of nitro groups is 1. The summed E-state index contributed by atoms with van der Waals surface area (Å²) in [6.45, 7) is 5.12. The number of hydrogen-bond donors (Lipinski definition) is 1. The average molecular weight is 331 g/mol. The number of aryl methyl sites for hydroxylation is 1. The van der Waals surface area contributed by atoms with Gasteiger partial charge in [0, 0.05) is 30.8 Å². The molecule has 1 aromatic carbocycles. The van der Waals surface area contributed by atoms with E-state index in [4.69, 9.17) is 4.74 Å². The van der Waals surface area contributed by atoms with E-state index in [-0.39, 0.29) is 17.5 Å². The summed E-state index contributed by atoms with van der Waals surface area (Å²) in [5, 5.41) is 23.0. The van der Waals surface area contributed by atoms with Gasteiger partial charge < -0.3 is 14.6 Å². The van der Waals surface area contributed by atoms with Crippen LogP contribution in [0.1, 0.15) is 44.4 Å². The molecule has 0 spiro atoms. The average Bonchev–Trinajstić information content (AvgIpc) is 2.99. The summed E-state index contributed by atoms with van der Waals surface area (Å²) >= 11 is 0. The third-order valence-electron chi connectivity index (χ3n) is 4.11. The highest BCUT2D eigenvalue weighted by Gasteiger charge is 2.21. The molecule has 1 aromatic heterocycles. The minimum Gasteiger partial charge on any atom is -0.487 e. The molecular weight excluding hydrogens is 310 g/mol. The van der Waals surface area contributed by atoms with Gasteiger partial charge in [-0.2, -0.15) is 0 Å². The van der Waals surface area contributed by atoms with Crippen LogP contribution >= 0.6 is 0 Å². The maximum Gasteiger partial charge on any atom is 0.311 e. The zero-order valence-corrected chi connectivity index (χ0v) is 13.9. The lowest BCUT2D eigenvalue weighted by atomic mass is 10.1. The number of ether oxygens (including phenoxy) is 1. The minimum absolute atomic E-state index is 0.0325. The van der Waals surface area contributed by atoms with E-state index in [9.17, 15) is 10.1 Å². The fourth-order valence-corrected chi connectivity index (χ4v) is 2.99. The molecule has 1 aliphatic rings. The van der Waals surface area contributed by atoms with Crippen molar-refractivity contribution >= 4 is 11.4 Å². The van der Waals surface area contributed by atoms with Crippen LogP contribution in [0.4, 0.5) is 11.4 Å². The lowest BCUT2D eigenvalue weighted by molar-refractivity contribution is -0.385. The van der Waals surface area contributed by atoms with Crippen LogP contribution in [-0.4, -0.2) is 26.3 Å². The number of hydrogen-bond acceptors (Lipinski definition) is 6. The first kappa shape index (κ1) is 16.2. The van der Waals surface area contributed by atoms with E-state index >= 15 is 0 Å². The van der Waals surface area contributed by atoms with Crippen LogP contribution in [0.15, 0.2) is 18.2 Å².